The first-order chi connectivity index (χ1) is 38.0. The standard InChI is InChI=1S/C56H84N8O16/c1-13-31(6)45(40(75-11)25-42(66)64-23-17-20-38(64)50(76-12)32(7)52(71)59-33(8)46(67)34-18-15-14-16-19-34)62(9)54(73)43(29(2)3)60-53(72)44(30(4)5)63(10)56(74)77-28-35-21-22-39(37-24-36(26-58-61-57)78-51(35)37)79-55-49(70)48(69)47(68)41(27-65)80-55/h14-16,18-19,21-22,24,29-33,38,40-41,43-50,55,65,67-70H,13,17,20,23,25-28H2,1-12H3,(H,59,71)(H,60,72)/t31?,32-,33-,38+,40-,41-,43+,44+,45+,46-,47+,48+,49-,50-,55-/m1/s1. The van der Waals surface area contributed by atoms with Crippen molar-refractivity contribution in [2.45, 2.75) is 173 Å². The van der Waals surface area contributed by atoms with Gasteiger partial charge in [-0.25, -0.2) is 4.79 Å². The number of furan rings is 1. The fourth-order valence-corrected chi connectivity index (χ4v) is 10.8. The summed E-state index contributed by atoms with van der Waals surface area (Å²) in [6, 6.07) is 9.62. The molecular weight excluding hydrogens is 1040 g/mol. The summed E-state index contributed by atoms with van der Waals surface area (Å²) in [6.45, 7) is 13.6. The summed E-state index contributed by atoms with van der Waals surface area (Å²) < 4.78 is 35.2. The summed E-state index contributed by atoms with van der Waals surface area (Å²) in [4.78, 5) is 78.4. The summed E-state index contributed by atoms with van der Waals surface area (Å²) in [5.41, 5.74) is 10.1. The first kappa shape index (κ1) is 64.7. The van der Waals surface area contributed by atoms with E-state index >= 15 is 0 Å². The van der Waals surface area contributed by atoms with Gasteiger partial charge in [0.25, 0.3) is 0 Å². The molecule has 2 saturated heterocycles. The maximum atomic E-state index is 14.8. The monoisotopic (exact) mass is 1120 g/mol. The van der Waals surface area contributed by atoms with Gasteiger partial charge in [0.1, 0.15) is 60.2 Å². The van der Waals surface area contributed by atoms with Crippen molar-refractivity contribution in [3.8, 4) is 5.75 Å². The third kappa shape index (κ3) is 15.3. The van der Waals surface area contributed by atoms with E-state index in [-0.39, 0.29) is 59.8 Å². The smallest absolute Gasteiger partial charge is 0.410 e. The average molecular weight is 1130 g/mol. The van der Waals surface area contributed by atoms with Crippen LogP contribution in [-0.4, -0.2) is 185 Å². The minimum atomic E-state index is -1.72. The van der Waals surface area contributed by atoms with Crippen LogP contribution in [0.4, 0.5) is 4.79 Å². The molecule has 2 fully saturated rings. The van der Waals surface area contributed by atoms with Gasteiger partial charge in [0.2, 0.25) is 29.9 Å². The number of fused-ring (bicyclic) bond motifs is 1. The third-order valence-corrected chi connectivity index (χ3v) is 15.6. The van der Waals surface area contributed by atoms with Gasteiger partial charge in [0.15, 0.2) is 0 Å². The molecule has 444 valence electrons. The van der Waals surface area contributed by atoms with Crippen molar-refractivity contribution in [3.63, 3.8) is 0 Å². The van der Waals surface area contributed by atoms with E-state index in [1.54, 1.807) is 65.6 Å². The predicted octanol–water partition coefficient (Wildman–Crippen LogP) is 4.31. The lowest BCUT2D eigenvalue weighted by Crippen LogP contribution is -2.60. The van der Waals surface area contributed by atoms with Crippen molar-refractivity contribution in [1.29, 1.82) is 0 Å². The molecule has 0 aliphatic carbocycles. The SMILES string of the molecule is CCC(C)[C@@H]([C@@H](CC(=O)N1CCC[C@H]1[C@H](OC)[C@@H](C)C(=O)N[C@H](C)[C@@H](O)c1ccccc1)OC)N(C)C(=O)[C@@H](NC(=O)[C@H](C(C)C)N(C)C(=O)OCc1ccc(O[C@@H]2O[C@H](CO)[C@H](O)[C@H](O)[C@H]2O)c2cc(CN=[N+]=[N-])oc12)C(C)C. The van der Waals surface area contributed by atoms with Crippen LogP contribution in [0.5, 0.6) is 5.75 Å². The molecule has 0 radical (unpaired) electrons. The molecule has 1 unspecified atom stereocenters. The van der Waals surface area contributed by atoms with Crippen LogP contribution in [0.1, 0.15) is 104 Å². The Morgan fingerprint density at radius 1 is 0.900 bits per heavy atom. The Morgan fingerprint density at radius 2 is 1.59 bits per heavy atom. The fraction of sp³-hybridized carbons (Fsp3) is 0.661. The lowest BCUT2D eigenvalue weighted by Gasteiger charge is -2.41. The number of rotatable bonds is 27. The number of likely N-dealkylation sites (tertiary alicyclic amines) is 1. The number of aliphatic hydroxyl groups excluding tert-OH is 5. The van der Waals surface area contributed by atoms with Crippen LogP contribution in [-0.2, 0) is 51.3 Å². The van der Waals surface area contributed by atoms with Gasteiger partial charge in [0, 0.05) is 45.3 Å². The highest BCUT2D eigenvalue weighted by Gasteiger charge is 2.46. The van der Waals surface area contributed by atoms with E-state index in [4.69, 9.17) is 33.6 Å². The number of carbonyl (C=O) groups is 5. The highest BCUT2D eigenvalue weighted by Crippen LogP contribution is 2.36. The number of nitrogens with zero attached hydrogens (tertiary/aromatic N) is 6. The van der Waals surface area contributed by atoms with Gasteiger partial charge >= 0.3 is 6.09 Å². The van der Waals surface area contributed by atoms with Gasteiger partial charge in [-0.15, -0.1) is 0 Å². The van der Waals surface area contributed by atoms with Gasteiger partial charge in [-0.3, -0.25) is 24.1 Å². The molecular formula is C56H84N8O16. The second-order valence-corrected chi connectivity index (χ2v) is 21.7. The van der Waals surface area contributed by atoms with Crippen molar-refractivity contribution < 1.29 is 77.6 Å². The Kier molecular flexibility index (Phi) is 23.9. The largest absolute Gasteiger partial charge is 0.461 e. The van der Waals surface area contributed by atoms with Crippen molar-refractivity contribution in [2.75, 3.05) is 41.5 Å². The number of hydrogen-bond donors (Lipinski definition) is 7. The minimum Gasteiger partial charge on any atom is -0.461 e. The zero-order chi connectivity index (χ0) is 59.3. The number of carbonyl (C=O) groups excluding carboxylic acids is 5. The number of hydrogen-bond acceptors (Lipinski definition) is 17. The number of aliphatic hydroxyl groups is 5. The maximum absolute atomic E-state index is 14.8. The molecule has 0 saturated carbocycles. The molecule has 15 atom stereocenters. The second-order valence-electron chi connectivity index (χ2n) is 21.7. The highest BCUT2D eigenvalue weighted by molar-refractivity contribution is 5.92. The van der Waals surface area contributed by atoms with Crippen molar-refractivity contribution in [3.05, 3.63) is 75.9 Å². The molecule has 7 N–H and O–H groups in total. The van der Waals surface area contributed by atoms with E-state index in [2.05, 4.69) is 20.7 Å². The second kappa shape index (κ2) is 29.6. The fourth-order valence-electron chi connectivity index (χ4n) is 10.8. The average Bonchev–Trinajstić information content (AvgIpc) is 4.13. The summed E-state index contributed by atoms with van der Waals surface area (Å²) in [5.74, 6) is -3.15. The molecule has 2 aliphatic heterocycles. The van der Waals surface area contributed by atoms with Gasteiger partial charge < -0.3 is 74.1 Å². The summed E-state index contributed by atoms with van der Waals surface area (Å²) >= 11 is 0. The summed E-state index contributed by atoms with van der Waals surface area (Å²) in [5, 5.41) is 61.5. The van der Waals surface area contributed by atoms with Crippen LogP contribution in [0.2, 0.25) is 0 Å². The first-order valence-corrected chi connectivity index (χ1v) is 27.3. The quantitative estimate of drug-likeness (QED) is 0.0318. The number of amides is 5. The molecule has 1 aromatic heterocycles. The van der Waals surface area contributed by atoms with Crippen molar-refractivity contribution in [2.24, 2.45) is 28.8 Å². The van der Waals surface area contributed by atoms with E-state index in [0.717, 1.165) is 4.90 Å². The highest BCUT2D eigenvalue weighted by atomic mass is 16.7. The molecule has 80 heavy (non-hydrogen) atoms. The molecule has 2 aromatic carbocycles. The first-order valence-electron chi connectivity index (χ1n) is 27.3. The van der Waals surface area contributed by atoms with E-state index in [9.17, 15) is 49.5 Å². The van der Waals surface area contributed by atoms with Gasteiger partial charge in [-0.2, -0.15) is 0 Å². The molecule has 24 heteroatoms. The van der Waals surface area contributed by atoms with Gasteiger partial charge in [-0.1, -0.05) is 90.3 Å². The topological polar surface area (TPSA) is 328 Å². The number of nitrogens with one attached hydrogen (secondary N) is 2. The summed E-state index contributed by atoms with van der Waals surface area (Å²) in [7, 11) is 6.03. The molecule has 24 nitrogen and oxygen atoms in total. The van der Waals surface area contributed by atoms with E-state index in [0.29, 0.717) is 36.9 Å². The van der Waals surface area contributed by atoms with E-state index < -0.39 is 121 Å². The van der Waals surface area contributed by atoms with Crippen LogP contribution in [0.3, 0.4) is 0 Å². The number of azide groups is 1. The minimum absolute atomic E-state index is 0.0691. The molecule has 2 aliphatic rings. The predicted molar refractivity (Wildman–Crippen MR) is 292 cm³/mol. The zero-order valence-electron chi connectivity index (χ0n) is 48.0. The van der Waals surface area contributed by atoms with E-state index in [1.165, 1.54) is 44.4 Å². The molecule has 0 spiro atoms. The van der Waals surface area contributed by atoms with Crippen LogP contribution in [0.25, 0.3) is 21.4 Å². The zero-order valence-corrected chi connectivity index (χ0v) is 48.0. The number of methoxy groups -OCH3 is 2. The Hall–Kier alpha value is -6.08. The Bertz CT molecular complexity index is 2580. The Morgan fingerprint density at radius 3 is 2.19 bits per heavy atom. The van der Waals surface area contributed by atoms with Crippen LogP contribution < -0.4 is 15.4 Å². The molecule has 0 bridgehead atoms. The van der Waals surface area contributed by atoms with Crippen LogP contribution >= 0.6 is 0 Å². The lowest BCUT2D eigenvalue weighted by atomic mass is 9.89. The number of benzene rings is 2. The lowest BCUT2D eigenvalue weighted by molar-refractivity contribution is -0.277. The van der Waals surface area contributed by atoms with Crippen molar-refractivity contribution in [1.82, 2.24) is 25.3 Å². The van der Waals surface area contributed by atoms with Crippen LogP contribution in [0.15, 0.2) is 58.1 Å². The Labute approximate surface area is 467 Å². The van der Waals surface area contributed by atoms with E-state index in [1.807, 2.05) is 32.0 Å². The van der Waals surface area contributed by atoms with Crippen molar-refractivity contribution >= 4 is 40.7 Å². The van der Waals surface area contributed by atoms with Gasteiger partial charge in [0.05, 0.1) is 67.3 Å². The van der Waals surface area contributed by atoms with Crippen LogP contribution in [0, 0.1) is 23.7 Å². The molecule has 5 rings (SSSR count). The molecule has 3 heterocycles. The normalized spacial score (nSPS) is 22.7. The molecule has 3 aromatic rings. The maximum Gasteiger partial charge on any atom is 0.410 e. The number of ether oxygens (including phenoxy) is 5. The molecule has 5 amide bonds. The third-order valence-electron chi connectivity index (χ3n) is 15.6. The van der Waals surface area contributed by atoms with Gasteiger partial charge in [-0.05, 0) is 66.8 Å². The Balaban J connectivity index is 1.27. The number of likely N-dealkylation sites (N-methyl/N-ethyl adjacent to an activating group) is 2. The summed E-state index contributed by atoms with van der Waals surface area (Å²) in [6.07, 6.45) is -9.32.